The molecule has 1 saturated heterocycles. The Kier molecular flexibility index (Phi) is 6.53. The van der Waals surface area contributed by atoms with E-state index in [4.69, 9.17) is 14.2 Å². The Morgan fingerprint density at radius 1 is 1.12 bits per heavy atom. The van der Waals surface area contributed by atoms with E-state index >= 15 is 0 Å². The Hall–Kier alpha value is -1.51. The second kappa shape index (κ2) is 8.25. The van der Waals surface area contributed by atoms with E-state index in [1.807, 2.05) is 30.3 Å². The third-order valence-corrected chi connectivity index (χ3v) is 3.94. The number of benzene rings is 1. The molecule has 7 heteroatoms. The lowest BCUT2D eigenvalue weighted by Gasteiger charge is -2.40. The lowest BCUT2D eigenvalue weighted by molar-refractivity contribution is -0.297. The number of aliphatic hydroxyl groups excluding tert-OH is 3. The number of rotatable bonds is 5. The maximum Gasteiger partial charge on any atom is 0.311 e. The summed E-state index contributed by atoms with van der Waals surface area (Å²) in [5.41, 5.74) is 0.166. The molecule has 1 aromatic carbocycles. The first-order valence-electron chi connectivity index (χ1n) is 8.22. The van der Waals surface area contributed by atoms with Crippen LogP contribution in [-0.2, 0) is 25.6 Å². The average molecular weight is 354 g/mol. The van der Waals surface area contributed by atoms with E-state index in [-0.39, 0.29) is 13.2 Å². The predicted molar refractivity (Wildman–Crippen MR) is 88.3 cm³/mol. The zero-order valence-corrected chi connectivity index (χ0v) is 14.7. The molecule has 25 heavy (non-hydrogen) atoms. The standard InChI is InChI=1S/C18H26O7/c1-18(2,3)17(22)24-10-12-13(19)15(14(20)16(21)25-12)23-9-11-7-5-4-6-8-11/h4-8,12-16,19-21H,9-10H2,1-3H3/t12-,13-,14-,15+,16?/m0/s1. The van der Waals surface area contributed by atoms with Crippen LogP contribution in [0.2, 0.25) is 0 Å². The van der Waals surface area contributed by atoms with E-state index in [0.717, 1.165) is 5.56 Å². The van der Waals surface area contributed by atoms with E-state index in [1.165, 1.54) is 0 Å². The predicted octanol–water partition coefficient (Wildman–Crippen LogP) is 0.600. The number of ether oxygens (including phenoxy) is 3. The minimum atomic E-state index is -1.54. The highest BCUT2D eigenvalue weighted by molar-refractivity contribution is 5.75. The van der Waals surface area contributed by atoms with Crippen molar-refractivity contribution in [2.75, 3.05) is 6.61 Å². The molecule has 5 atom stereocenters. The summed E-state index contributed by atoms with van der Waals surface area (Å²) in [6.45, 7) is 5.03. The summed E-state index contributed by atoms with van der Waals surface area (Å²) in [5.74, 6) is -0.453. The fourth-order valence-electron chi connectivity index (χ4n) is 2.39. The zero-order chi connectivity index (χ0) is 18.6. The quantitative estimate of drug-likeness (QED) is 0.665. The molecule has 1 aliphatic rings. The van der Waals surface area contributed by atoms with Crippen LogP contribution < -0.4 is 0 Å². The van der Waals surface area contributed by atoms with Crippen LogP contribution in [0, 0.1) is 5.41 Å². The molecule has 0 radical (unpaired) electrons. The fourth-order valence-corrected chi connectivity index (χ4v) is 2.39. The van der Waals surface area contributed by atoms with Gasteiger partial charge in [0.25, 0.3) is 0 Å². The Morgan fingerprint density at radius 2 is 1.76 bits per heavy atom. The number of hydrogen-bond acceptors (Lipinski definition) is 7. The smallest absolute Gasteiger partial charge is 0.311 e. The maximum absolute atomic E-state index is 11.8. The van der Waals surface area contributed by atoms with Gasteiger partial charge in [-0.3, -0.25) is 4.79 Å². The van der Waals surface area contributed by atoms with Gasteiger partial charge in [0.05, 0.1) is 12.0 Å². The van der Waals surface area contributed by atoms with Gasteiger partial charge in [0.1, 0.15) is 31.0 Å². The van der Waals surface area contributed by atoms with Gasteiger partial charge in [-0.2, -0.15) is 0 Å². The molecule has 140 valence electrons. The van der Waals surface area contributed by atoms with Crippen molar-refractivity contribution in [3.05, 3.63) is 35.9 Å². The van der Waals surface area contributed by atoms with Crippen molar-refractivity contribution in [1.29, 1.82) is 0 Å². The van der Waals surface area contributed by atoms with Crippen LogP contribution in [0.15, 0.2) is 30.3 Å². The summed E-state index contributed by atoms with van der Waals surface area (Å²) < 4.78 is 15.9. The van der Waals surface area contributed by atoms with Gasteiger partial charge in [0, 0.05) is 0 Å². The van der Waals surface area contributed by atoms with E-state index < -0.39 is 42.1 Å². The van der Waals surface area contributed by atoms with Crippen LogP contribution in [0.25, 0.3) is 0 Å². The number of carbonyl (C=O) groups is 1. The van der Waals surface area contributed by atoms with Crippen LogP contribution in [0.3, 0.4) is 0 Å². The molecule has 7 nitrogen and oxygen atoms in total. The first-order chi connectivity index (χ1) is 11.7. The SMILES string of the molecule is CC(C)(C)C(=O)OC[C@@H]1OC(O)[C@@H](O)[C@H](OCc2ccccc2)[C@H]1O. The molecular formula is C18H26O7. The summed E-state index contributed by atoms with van der Waals surface area (Å²) in [5, 5.41) is 30.3. The van der Waals surface area contributed by atoms with Crippen molar-refractivity contribution < 1.29 is 34.3 Å². The summed E-state index contributed by atoms with van der Waals surface area (Å²) >= 11 is 0. The largest absolute Gasteiger partial charge is 0.462 e. The highest BCUT2D eigenvalue weighted by atomic mass is 16.7. The van der Waals surface area contributed by atoms with Crippen molar-refractivity contribution in [1.82, 2.24) is 0 Å². The molecule has 1 heterocycles. The molecule has 0 amide bonds. The Labute approximate surface area is 147 Å². The number of esters is 1. The lowest BCUT2D eigenvalue weighted by atomic mass is 9.97. The maximum atomic E-state index is 11.8. The molecule has 0 saturated carbocycles. The average Bonchev–Trinajstić information content (AvgIpc) is 2.56. The minimum absolute atomic E-state index is 0.154. The summed E-state index contributed by atoms with van der Waals surface area (Å²) in [4.78, 5) is 11.8. The molecule has 3 N–H and O–H groups in total. The monoisotopic (exact) mass is 354 g/mol. The molecule has 1 aromatic rings. The number of aliphatic hydroxyl groups is 3. The molecule has 0 bridgehead atoms. The van der Waals surface area contributed by atoms with E-state index in [0.29, 0.717) is 0 Å². The van der Waals surface area contributed by atoms with Gasteiger partial charge < -0.3 is 29.5 Å². The molecule has 1 fully saturated rings. The fraction of sp³-hybridized carbons (Fsp3) is 0.611. The third-order valence-electron chi connectivity index (χ3n) is 3.94. The van der Waals surface area contributed by atoms with Gasteiger partial charge in [-0.15, -0.1) is 0 Å². The van der Waals surface area contributed by atoms with Crippen molar-refractivity contribution in [3.63, 3.8) is 0 Å². The highest BCUT2D eigenvalue weighted by Crippen LogP contribution is 2.24. The van der Waals surface area contributed by atoms with Crippen molar-refractivity contribution in [2.45, 2.75) is 58.1 Å². The second-order valence-electron chi connectivity index (χ2n) is 7.16. The number of carbonyl (C=O) groups excluding carboxylic acids is 1. The first-order valence-corrected chi connectivity index (χ1v) is 8.22. The molecule has 0 aliphatic carbocycles. The van der Waals surface area contributed by atoms with Crippen molar-refractivity contribution in [2.24, 2.45) is 5.41 Å². The summed E-state index contributed by atoms with van der Waals surface area (Å²) in [7, 11) is 0. The molecule has 1 aliphatic heterocycles. The topological polar surface area (TPSA) is 105 Å². The molecular weight excluding hydrogens is 328 g/mol. The van der Waals surface area contributed by atoms with Gasteiger partial charge in [0.15, 0.2) is 6.29 Å². The molecule has 2 rings (SSSR count). The van der Waals surface area contributed by atoms with Gasteiger partial charge in [-0.05, 0) is 26.3 Å². The van der Waals surface area contributed by atoms with Crippen LogP contribution in [-0.4, -0.2) is 58.6 Å². The Balaban J connectivity index is 1.97. The van der Waals surface area contributed by atoms with Crippen molar-refractivity contribution >= 4 is 5.97 Å². The zero-order valence-electron chi connectivity index (χ0n) is 14.7. The third kappa shape index (κ3) is 5.23. The van der Waals surface area contributed by atoms with Crippen LogP contribution >= 0.6 is 0 Å². The minimum Gasteiger partial charge on any atom is -0.462 e. The molecule has 0 spiro atoms. The van der Waals surface area contributed by atoms with Crippen LogP contribution in [0.4, 0.5) is 0 Å². The van der Waals surface area contributed by atoms with Crippen LogP contribution in [0.5, 0.6) is 0 Å². The molecule has 1 unspecified atom stereocenters. The van der Waals surface area contributed by atoms with Crippen LogP contribution in [0.1, 0.15) is 26.3 Å². The van der Waals surface area contributed by atoms with Crippen molar-refractivity contribution in [3.8, 4) is 0 Å². The summed E-state index contributed by atoms with van der Waals surface area (Å²) in [6, 6.07) is 9.25. The summed E-state index contributed by atoms with van der Waals surface area (Å²) in [6.07, 6.45) is -6.27. The van der Waals surface area contributed by atoms with Gasteiger partial charge in [-0.1, -0.05) is 30.3 Å². The highest BCUT2D eigenvalue weighted by Gasteiger charge is 2.45. The normalized spacial score (nSPS) is 30.1. The second-order valence-corrected chi connectivity index (χ2v) is 7.16. The number of hydrogen-bond donors (Lipinski definition) is 3. The Bertz CT molecular complexity index is 554. The van der Waals surface area contributed by atoms with Gasteiger partial charge >= 0.3 is 5.97 Å². The van der Waals surface area contributed by atoms with E-state index in [9.17, 15) is 20.1 Å². The van der Waals surface area contributed by atoms with Gasteiger partial charge in [-0.25, -0.2) is 0 Å². The lowest BCUT2D eigenvalue weighted by Crippen LogP contribution is -2.59. The first kappa shape index (κ1) is 19.8. The van der Waals surface area contributed by atoms with Gasteiger partial charge in [0.2, 0.25) is 0 Å². The molecule has 0 aromatic heterocycles. The Morgan fingerprint density at radius 3 is 2.36 bits per heavy atom. The van der Waals surface area contributed by atoms with E-state index in [2.05, 4.69) is 0 Å². The van der Waals surface area contributed by atoms with E-state index in [1.54, 1.807) is 20.8 Å².